The van der Waals surface area contributed by atoms with Crippen molar-refractivity contribution in [2.24, 2.45) is 0 Å². The maximum atomic E-state index is 13.6. The molecule has 602 valence electrons. The van der Waals surface area contributed by atoms with Gasteiger partial charge in [0.15, 0.2) is 11.6 Å². The van der Waals surface area contributed by atoms with Crippen LogP contribution in [0.1, 0.15) is 23.5 Å². The summed E-state index contributed by atoms with van der Waals surface area (Å²) in [5.41, 5.74) is 4.73. The highest BCUT2D eigenvalue weighted by Crippen LogP contribution is 2.44. The van der Waals surface area contributed by atoms with E-state index in [1.54, 1.807) is 0 Å². The molecule has 29 nitrogen and oxygen atoms in total. The number of hydrogen-bond donors (Lipinski definition) is 1. The summed E-state index contributed by atoms with van der Waals surface area (Å²) in [6, 6.07) is 16.5. The summed E-state index contributed by atoms with van der Waals surface area (Å²) in [6.07, 6.45) is -0.867. The standard InChI is InChI=1S/C72H113F4NO28/c73-66-59-67(74)70(76)71(69(66)75)105-68(78)9-11-80-13-15-82-17-19-84-21-23-86-25-27-88-29-31-90-33-35-92-37-39-94-41-43-96-45-47-98-49-51-100-53-55-102-57-58-103-56-54-101-52-50-99-48-46-97-44-42-95-40-38-93-36-34-91-32-30-89-28-26-87-24-22-85-20-18-83-16-14-81-12-10-77-72(79)104-60-65-63-7-3-1-5-61(63)62-6-2-4-8-64(62)65/h1-8,59,65H,9-58,60H2,(H,77,79). The minimum atomic E-state index is -1.80. The SMILES string of the molecule is O=C(CCOCCOCCOCCOCCOCCOCCOCCOCCOCCOCCOCCOCCOCCOCCOCCOCCOCCOCCOCCOCCOCCOCCOCCOCCNC(=O)OCC1c2ccccc2-c2ccccc21)Oc1c(F)c(F)cc(F)c1F. The molecular weight excluding hydrogens is 1400 g/mol. The maximum Gasteiger partial charge on any atom is 0.407 e. The van der Waals surface area contributed by atoms with Crippen LogP contribution in [-0.4, -0.2) is 342 Å². The molecule has 0 aromatic heterocycles. The van der Waals surface area contributed by atoms with E-state index in [1.165, 1.54) is 22.3 Å². The van der Waals surface area contributed by atoms with Gasteiger partial charge in [-0.1, -0.05) is 48.5 Å². The Bertz CT molecular complexity index is 2460. The summed E-state index contributed by atoms with van der Waals surface area (Å²) in [5, 5.41) is 2.74. The van der Waals surface area contributed by atoms with Crippen LogP contribution in [-0.2, 0) is 123 Å². The van der Waals surface area contributed by atoms with Crippen LogP contribution in [0.25, 0.3) is 11.1 Å². The van der Waals surface area contributed by atoms with Crippen LogP contribution in [0.2, 0.25) is 0 Å². The topological polar surface area (TPSA) is 286 Å². The molecule has 0 saturated heterocycles. The second-order valence-electron chi connectivity index (χ2n) is 22.0. The third kappa shape index (κ3) is 50.5. The lowest BCUT2D eigenvalue weighted by Crippen LogP contribution is -2.29. The normalized spacial score (nSPS) is 12.0. The molecule has 3 aromatic rings. The Labute approximate surface area is 614 Å². The number of carbonyl (C=O) groups excluding carboxylic acids is 2. The number of benzene rings is 3. The zero-order valence-corrected chi connectivity index (χ0v) is 60.8. The molecule has 1 N–H and O–H groups in total. The van der Waals surface area contributed by atoms with E-state index in [0.29, 0.717) is 297 Å². The molecule has 0 heterocycles. The average Bonchev–Trinajstić information content (AvgIpc) is 1.63. The minimum Gasteiger partial charge on any atom is -0.449 e. The zero-order chi connectivity index (χ0) is 74.4. The number of fused-ring (bicyclic) bond motifs is 3. The molecule has 1 aliphatic carbocycles. The molecule has 105 heavy (non-hydrogen) atoms. The van der Waals surface area contributed by atoms with Crippen LogP contribution in [0.3, 0.4) is 0 Å². The van der Waals surface area contributed by atoms with E-state index in [9.17, 15) is 27.2 Å². The van der Waals surface area contributed by atoms with Gasteiger partial charge < -0.3 is 128 Å². The lowest BCUT2D eigenvalue weighted by Gasteiger charge is -2.14. The van der Waals surface area contributed by atoms with Crippen molar-refractivity contribution in [2.75, 3.05) is 330 Å². The third-order valence-electron chi connectivity index (χ3n) is 14.2. The number of amides is 1. The van der Waals surface area contributed by atoms with Gasteiger partial charge in [-0.05, 0) is 22.3 Å². The first-order chi connectivity index (χ1) is 51.9. The summed E-state index contributed by atoms with van der Waals surface area (Å²) < 4.78 is 195. The minimum absolute atomic E-state index is 0.0160. The summed E-state index contributed by atoms with van der Waals surface area (Å²) >= 11 is 0. The van der Waals surface area contributed by atoms with Gasteiger partial charge in [0.25, 0.3) is 0 Å². The van der Waals surface area contributed by atoms with Gasteiger partial charge in [-0.15, -0.1) is 0 Å². The predicted octanol–water partition coefficient (Wildman–Crippen LogP) is 5.48. The Morgan fingerprint density at radius 1 is 0.286 bits per heavy atom. The summed E-state index contributed by atoms with van der Waals surface area (Å²) in [7, 11) is 0. The molecule has 3 aromatic carbocycles. The van der Waals surface area contributed by atoms with E-state index in [0.717, 1.165) is 0 Å². The van der Waals surface area contributed by atoms with Gasteiger partial charge in [0, 0.05) is 18.5 Å². The monoisotopic (exact) mass is 1520 g/mol. The first kappa shape index (κ1) is 92.5. The third-order valence-corrected chi connectivity index (χ3v) is 14.2. The van der Waals surface area contributed by atoms with Crippen molar-refractivity contribution in [3.8, 4) is 16.9 Å². The van der Waals surface area contributed by atoms with E-state index < -0.39 is 47.5 Å². The Hall–Kier alpha value is -4.84. The first-order valence-electron chi connectivity index (χ1n) is 35.8. The number of esters is 1. The Kier molecular flexibility index (Phi) is 60.3. The summed E-state index contributed by atoms with van der Waals surface area (Å²) in [4.78, 5) is 24.0. The van der Waals surface area contributed by atoms with E-state index >= 15 is 0 Å². The average molecular weight is 1520 g/mol. The summed E-state index contributed by atoms with van der Waals surface area (Å²) in [6.45, 7) is 20.6. The Morgan fingerprint density at radius 3 is 0.733 bits per heavy atom. The molecule has 0 radical (unpaired) electrons. The molecule has 0 atom stereocenters. The molecule has 0 unspecified atom stereocenters. The van der Waals surface area contributed by atoms with Crippen molar-refractivity contribution in [2.45, 2.75) is 12.3 Å². The van der Waals surface area contributed by atoms with Crippen molar-refractivity contribution in [1.82, 2.24) is 5.32 Å². The molecule has 0 fully saturated rings. The molecule has 1 aliphatic rings. The second kappa shape index (κ2) is 68.4. The van der Waals surface area contributed by atoms with E-state index in [2.05, 4.69) is 34.3 Å². The van der Waals surface area contributed by atoms with Crippen LogP contribution in [0.5, 0.6) is 5.75 Å². The number of halogens is 4. The van der Waals surface area contributed by atoms with Gasteiger partial charge in [-0.2, -0.15) is 8.78 Å². The van der Waals surface area contributed by atoms with Gasteiger partial charge in [0.2, 0.25) is 17.4 Å². The van der Waals surface area contributed by atoms with E-state index in [1.807, 2.05) is 24.3 Å². The maximum absolute atomic E-state index is 13.6. The fourth-order valence-corrected chi connectivity index (χ4v) is 9.00. The van der Waals surface area contributed by atoms with Crippen molar-refractivity contribution >= 4 is 12.1 Å². The largest absolute Gasteiger partial charge is 0.449 e. The number of nitrogens with one attached hydrogen (secondary N) is 1. The number of rotatable bonds is 78. The van der Waals surface area contributed by atoms with Gasteiger partial charge in [0.1, 0.15) is 6.61 Å². The Balaban J connectivity index is 0.693. The number of ether oxygens (including phenoxy) is 26. The molecular formula is C72H113F4NO28. The molecule has 4 rings (SSSR count). The van der Waals surface area contributed by atoms with Crippen molar-refractivity contribution in [3.63, 3.8) is 0 Å². The van der Waals surface area contributed by atoms with Crippen LogP contribution in [0.15, 0.2) is 54.6 Å². The van der Waals surface area contributed by atoms with Crippen LogP contribution in [0, 0.1) is 23.3 Å². The second-order valence-corrected chi connectivity index (χ2v) is 22.0. The molecule has 33 heteroatoms. The highest BCUT2D eigenvalue weighted by atomic mass is 19.2. The van der Waals surface area contributed by atoms with Gasteiger partial charge in [-0.25, -0.2) is 13.6 Å². The van der Waals surface area contributed by atoms with Crippen LogP contribution < -0.4 is 10.1 Å². The van der Waals surface area contributed by atoms with Gasteiger partial charge in [-0.3, -0.25) is 4.79 Å². The highest BCUT2D eigenvalue weighted by molar-refractivity contribution is 5.79. The molecule has 1 amide bonds. The lowest BCUT2D eigenvalue weighted by molar-refractivity contribution is -0.136. The van der Waals surface area contributed by atoms with E-state index in [-0.39, 0.29) is 45.0 Å². The quantitative estimate of drug-likeness (QED) is 0.0241. The predicted molar refractivity (Wildman–Crippen MR) is 369 cm³/mol. The van der Waals surface area contributed by atoms with E-state index in [4.69, 9.17) is 118 Å². The molecule has 0 spiro atoms. The molecule has 0 bridgehead atoms. The zero-order valence-electron chi connectivity index (χ0n) is 60.8. The van der Waals surface area contributed by atoms with Crippen LogP contribution >= 0.6 is 0 Å². The number of hydrogen-bond acceptors (Lipinski definition) is 28. The number of alkyl carbamates (subject to hydrolysis) is 1. The fourth-order valence-electron chi connectivity index (χ4n) is 9.00. The summed E-state index contributed by atoms with van der Waals surface area (Å²) in [5.74, 6) is -9.50. The molecule has 0 aliphatic heterocycles. The molecule has 0 saturated carbocycles. The highest BCUT2D eigenvalue weighted by Gasteiger charge is 2.29. The van der Waals surface area contributed by atoms with Crippen molar-refractivity contribution in [3.05, 3.63) is 89.0 Å². The van der Waals surface area contributed by atoms with Crippen LogP contribution in [0.4, 0.5) is 22.4 Å². The first-order valence-corrected chi connectivity index (χ1v) is 35.8. The van der Waals surface area contributed by atoms with Gasteiger partial charge in [0.05, 0.1) is 324 Å². The van der Waals surface area contributed by atoms with Crippen molar-refractivity contribution < 1.29 is 150 Å². The number of carbonyl (C=O) groups is 2. The smallest absolute Gasteiger partial charge is 0.407 e. The van der Waals surface area contributed by atoms with Gasteiger partial charge >= 0.3 is 12.1 Å². The van der Waals surface area contributed by atoms with Crippen molar-refractivity contribution in [1.29, 1.82) is 0 Å². The lowest BCUT2D eigenvalue weighted by atomic mass is 9.98. The Morgan fingerprint density at radius 2 is 0.495 bits per heavy atom. The fraction of sp³-hybridized carbons (Fsp3) is 0.722.